The minimum Gasteiger partial charge on any atom is -0.323 e. The van der Waals surface area contributed by atoms with E-state index in [4.69, 9.17) is 5.73 Å². The summed E-state index contributed by atoms with van der Waals surface area (Å²) in [5, 5.41) is 12.3. The van der Waals surface area contributed by atoms with Crippen LogP contribution in [0.25, 0.3) is 0 Å². The molecule has 0 aromatic carbocycles. The first-order valence-corrected chi connectivity index (χ1v) is 7.97. The predicted molar refractivity (Wildman–Crippen MR) is 74.8 cm³/mol. The fraction of sp³-hybridized carbons (Fsp3) is 0.444. The molecule has 0 fully saturated rings. The lowest BCUT2D eigenvalue weighted by molar-refractivity contribution is -0.403. The number of nitrogens with two attached hydrogens (primary N) is 1. The fourth-order valence-corrected chi connectivity index (χ4v) is 3.31. The molecule has 0 amide bonds. The summed E-state index contributed by atoms with van der Waals surface area (Å²) in [6.07, 6.45) is 2.78. The maximum atomic E-state index is 10.4. The van der Waals surface area contributed by atoms with Gasteiger partial charge in [-0.25, -0.2) is 0 Å². The second-order valence-corrected chi connectivity index (χ2v) is 5.71. The van der Waals surface area contributed by atoms with E-state index in [9.17, 15) is 10.1 Å². The zero-order chi connectivity index (χ0) is 12.7. The number of nitrogens with zero attached hydrogens (tertiary/aromatic N) is 2. The highest BCUT2D eigenvalue weighted by atomic mass is 32.2. The second kappa shape index (κ2) is 7.70. The van der Waals surface area contributed by atoms with Gasteiger partial charge < -0.3 is 5.73 Å². The smallest absolute Gasteiger partial charge is 0.245 e. The average molecular weight is 291 g/mol. The lowest BCUT2D eigenvalue weighted by atomic mass is 10.3. The molecule has 0 aliphatic heterocycles. The first kappa shape index (κ1) is 14.5. The van der Waals surface area contributed by atoms with Gasteiger partial charge in [-0.2, -0.15) is 16.1 Å². The molecule has 0 spiro atoms. The Hall–Kier alpha value is -0.570. The lowest BCUT2D eigenvalue weighted by Gasteiger charge is -2.10. The van der Waals surface area contributed by atoms with Crippen molar-refractivity contribution in [1.82, 2.24) is 4.37 Å². The third-order valence-corrected chi connectivity index (χ3v) is 4.44. The minimum absolute atomic E-state index is 0.293. The molecule has 0 saturated heterocycles. The molecule has 1 rings (SSSR count). The molecule has 8 heteroatoms. The van der Waals surface area contributed by atoms with Crippen LogP contribution in [0.4, 0.5) is 0 Å². The van der Waals surface area contributed by atoms with Crippen molar-refractivity contribution < 1.29 is 4.92 Å². The number of rotatable bonds is 7. The van der Waals surface area contributed by atoms with Crippen molar-refractivity contribution >= 4 is 35.1 Å². The van der Waals surface area contributed by atoms with E-state index in [0.717, 1.165) is 17.6 Å². The Labute approximate surface area is 112 Å². The van der Waals surface area contributed by atoms with Crippen molar-refractivity contribution in [1.29, 1.82) is 0 Å². The molecule has 0 aliphatic carbocycles. The molecule has 0 aliphatic rings. The summed E-state index contributed by atoms with van der Waals surface area (Å²) in [5.41, 5.74) is 6.91. The molecule has 2 N–H and O–H groups in total. The summed E-state index contributed by atoms with van der Waals surface area (Å²) in [7, 11) is 0. The zero-order valence-corrected chi connectivity index (χ0v) is 11.7. The first-order chi connectivity index (χ1) is 8.13. The molecular weight excluding hydrogens is 278 g/mol. The van der Waals surface area contributed by atoms with Crippen LogP contribution in [0.1, 0.15) is 5.69 Å². The molecule has 94 valence electrons. The van der Waals surface area contributed by atoms with Gasteiger partial charge in [0.15, 0.2) is 0 Å². The zero-order valence-electron chi connectivity index (χ0n) is 9.24. The Morgan fingerprint density at radius 1 is 1.82 bits per heavy atom. The summed E-state index contributed by atoms with van der Waals surface area (Å²) in [6, 6.07) is 1.67. The number of hydrogen-bond acceptors (Lipinski definition) is 7. The van der Waals surface area contributed by atoms with Gasteiger partial charge in [0.2, 0.25) is 6.20 Å². The molecule has 0 saturated carbocycles. The molecule has 5 nitrogen and oxygen atoms in total. The minimum atomic E-state index is -0.462. The van der Waals surface area contributed by atoms with E-state index in [0.29, 0.717) is 10.7 Å². The lowest BCUT2D eigenvalue weighted by Crippen LogP contribution is -2.24. The van der Waals surface area contributed by atoms with Crippen molar-refractivity contribution in [3.05, 3.63) is 38.4 Å². The summed E-state index contributed by atoms with van der Waals surface area (Å²) in [6.45, 7) is 0. The second-order valence-electron chi connectivity index (χ2n) is 3.13. The highest BCUT2D eigenvalue weighted by Crippen LogP contribution is 2.20. The molecule has 1 unspecified atom stereocenters. The van der Waals surface area contributed by atoms with Crippen LogP contribution >= 0.6 is 35.1 Å². The van der Waals surface area contributed by atoms with E-state index < -0.39 is 4.92 Å². The highest BCUT2D eigenvalue weighted by Gasteiger charge is 2.12. The normalized spacial score (nSPS) is 13.6. The van der Waals surface area contributed by atoms with Crippen molar-refractivity contribution in [3.8, 4) is 0 Å². The quantitative estimate of drug-likeness (QED) is 0.612. The van der Waals surface area contributed by atoms with Gasteiger partial charge in [0.05, 0.1) is 21.6 Å². The maximum Gasteiger partial charge on any atom is 0.245 e. The van der Waals surface area contributed by atoms with Gasteiger partial charge in [-0.15, -0.1) is 11.8 Å². The average Bonchev–Trinajstić information content (AvgIpc) is 2.78. The van der Waals surface area contributed by atoms with E-state index in [-0.39, 0.29) is 6.04 Å². The van der Waals surface area contributed by atoms with E-state index in [1.54, 1.807) is 18.0 Å². The molecule has 1 heterocycles. The third-order valence-electron chi connectivity index (χ3n) is 1.87. The summed E-state index contributed by atoms with van der Waals surface area (Å²) in [5.74, 6) is 1.44. The van der Waals surface area contributed by atoms with Crippen LogP contribution in [-0.4, -0.2) is 27.3 Å². The number of nitro groups is 1. The van der Waals surface area contributed by atoms with Gasteiger partial charge >= 0.3 is 0 Å². The Kier molecular flexibility index (Phi) is 6.56. The summed E-state index contributed by atoms with van der Waals surface area (Å²) in [4.78, 5) is 10.5. The van der Waals surface area contributed by atoms with E-state index in [1.165, 1.54) is 23.3 Å². The summed E-state index contributed by atoms with van der Waals surface area (Å²) >= 11 is 4.37. The number of thioether (sulfide) groups is 2. The van der Waals surface area contributed by atoms with Crippen LogP contribution in [0.5, 0.6) is 0 Å². The maximum absolute atomic E-state index is 10.4. The topological polar surface area (TPSA) is 82.0 Å². The Bertz CT molecular complexity index is 381. The summed E-state index contributed by atoms with van der Waals surface area (Å²) < 4.78 is 4.18. The molecule has 1 aromatic heterocycles. The molecule has 0 radical (unpaired) electrons. The van der Waals surface area contributed by atoms with E-state index in [1.807, 2.05) is 11.4 Å². The van der Waals surface area contributed by atoms with Crippen LogP contribution in [0.3, 0.4) is 0 Å². The Balaban J connectivity index is 2.37. The molecule has 1 atom stereocenters. The van der Waals surface area contributed by atoms with Gasteiger partial charge in [0, 0.05) is 16.9 Å². The Morgan fingerprint density at radius 2 is 2.59 bits per heavy atom. The molecular formula is C9H13N3O2S3. The van der Waals surface area contributed by atoms with Crippen molar-refractivity contribution in [3.63, 3.8) is 0 Å². The van der Waals surface area contributed by atoms with Gasteiger partial charge in [-0.05, 0) is 23.9 Å². The molecule has 0 bridgehead atoms. The third kappa shape index (κ3) is 5.53. The van der Waals surface area contributed by atoms with E-state index in [2.05, 4.69) is 4.37 Å². The monoisotopic (exact) mass is 291 g/mol. The van der Waals surface area contributed by atoms with Crippen molar-refractivity contribution in [2.24, 2.45) is 5.73 Å². The van der Waals surface area contributed by atoms with Crippen LogP contribution in [0, 0.1) is 10.1 Å². The van der Waals surface area contributed by atoms with Crippen LogP contribution in [0.2, 0.25) is 0 Å². The SMILES string of the molecule is CSC(=C[N+](=O)[O-])C(N)CSCc1ccsn1. The molecule has 17 heavy (non-hydrogen) atoms. The van der Waals surface area contributed by atoms with Gasteiger partial charge in [0.1, 0.15) is 0 Å². The van der Waals surface area contributed by atoms with Gasteiger partial charge in [-0.3, -0.25) is 10.1 Å². The number of hydrogen-bond donors (Lipinski definition) is 1. The largest absolute Gasteiger partial charge is 0.323 e. The van der Waals surface area contributed by atoms with Crippen LogP contribution < -0.4 is 5.73 Å². The predicted octanol–water partition coefficient (Wildman–Crippen LogP) is 2.18. The van der Waals surface area contributed by atoms with Gasteiger partial charge in [-0.1, -0.05) is 0 Å². The molecule has 1 aromatic rings. The standard InChI is InChI=1S/C9H13N3O2S3/c1-15-9(4-12(13)14)8(10)6-16-5-7-2-3-17-11-7/h2-4,8H,5-6,10H2,1H3. The first-order valence-electron chi connectivity index (χ1n) is 4.75. The van der Waals surface area contributed by atoms with Gasteiger partial charge in [0.25, 0.3) is 0 Å². The van der Waals surface area contributed by atoms with Crippen LogP contribution in [-0.2, 0) is 5.75 Å². The van der Waals surface area contributed by atoms with Crippen molar-refractivity contribution in [2.45, 2.75) is 11.8 Å². The van der Waals surface area contributed by atoms with E-state index >= 15 is 0 Å². The number of aromatic nitrogens is 1. The Morgan fingerprint density at radius 3 is 3.12 bits per heavy atom. The highest BCUT2D eigenvalue weighted by molar-refractivity contribution is 8.02. The van der Waals surface area contributed by atoms with Crippen molar-refractivity contribution in [2.75, 3.05) is 12.0 Å². The van der Waals surface area contributed by atoms with Crippen LogP contribution in [0.15, 0.2) is 22.6 Å². The fourth-order valence-electron chi connectivity index (χ4n) is 1.09.